The van der Waals surface area contributed by atoms with Gasteiger partial charge in [-0.3, -0.25) is 13.9 Å². The molecule has 1 saturated heterocycles. The number of fused-ring (bicyclic) bond motifs is 1. The van der Waals surface area contributed by atoms with Gasteiger partial charge in [0.2, 0.25) is 0 Å². The molecule has 4 rings (SSSR count). The first-order valence-electron chi connectivity index (χ1n) is 10.4. The molecule has 0 amide bonds. The van der Waals surface area contributed by atoms with Crippen molar-refractivity contribution in [1.82, 2.24) is 18.7 Å². The maximum Gasteiger partial charge on any atom is 0.332 e. The molecule has 0 saturated carbocycles. The van der Waals surface area contributed by atoms with Crippen LogP contribution in [0.5, 0.6) is 0 Å². The normalized spacial score (nSPS) is 19.7. The molecule has 2 atom stereocenters. The van der Waals surface area contributed by atoms with Crippen molar-refractivity contribution < 1.29 is 4.90 Å². The molecule has 0 spiro atoms. The number of aromatic nitrogens is 4. The van der Waals surface area contributed by atoms with Gasteiger partial charge in [0.1, 0.15) is 6.54 Å². The molecule has 1 aromatic carbocycles. The van der Waals surface area contributed by atoms with Crippen LogP contribution in [0.25, 0.3) is 11.2 Å². The van der Waals surface area contributed by atoms with Crippen LogP contribution in [-0.4, -0.2) is 31.3 Å². The van der Waals surface area contributed by atoms with E-state index in [1.165, 1.54) is 45.9 Å². The number of likely N-dealkylation sites (tertiary alicyclic amines) is 1. The topological polar surface area (TPSA) is 66.3 Å². The molecule has 3 heterocycles. The van der Waals surface area contributed by atoms with Crippen molar-refractivity contribution in [2.45, 2.75) is 52.2 Å². The van der Waals surface area contributed by atoms with Gasteiger partial charge < -0.3 is 9.47 Å². The molecular weight excluding hydrogens is 366 g/mol. The third-order valence-corrected chi connectivity index (χ3v) is 6.32. The average molecular weight is 397 g/mol. The molecule has 154 valence electrons. The highest BCUT2D eigenvalue weighted by molar-refractivity contribution is 5.71. The van der Waals surface area contributed by atoms with Crippen molar-refractivity contribution in [2.75, 3.05) is 6.54 Å². The molecule has 2 aromatic heterocycles. The van der Waals surface area contributed by atoms with E-state index in [4.69, 9.17) is 4.98 Å². The number of rotatable bonds is 4. The van der Waals surface area contributed by atoms with Gasteiger partial charge in [0.15, 0.2) is 17.0 Å². The Bertz CT molecular complexity index is 1170. The Kier molecular flexibility index (Phi) is 5.17. The highest BCUT2D eigenvalue weighted by atomic mass is 16.2. The van der Waals surface area contributed by atoms with Crippen molar-refractivity contribution in [1.29, 1.82) is 0 Å². The zero-order chi connectivity index (χ0) is 20.7. The van der Waals surface area contributed by atoms with Gasteiger partial charge >= 0.3 is 5.69 Å². The van der Waals surface area contributed by atoms with E-state index in [0.717, 1.165) is 24.5 Å². The van der Waals surface area contributed by atoms with E-state index >= 15 is 0 Å². The summed E-state index contributed by atoms with van der Waals surface area (Å²) in [6, 6.07) is 8.89. The summed E-state index contributed by atoms with van der Waals surface area (Å²) in [5.41, 5.74) is 2.68. The molecule has 1 aliphatic rings. The summed E-state index contributed by atoms with van der Waals surface area (Å²) in [6.07, 6.45) is 3.71. The summed E-state index contributed by atoms with van der Waals surface area (Å²) < 4.78 is 4.69. The Hall–Kier alpha value is -2.67. The van der Waals surface area contributed by atoms with Crippen molar-refractivity contribution in [3.8, 4) is 0 Å². The Morgan fingerprint density at radius 3 is 2.69 bits per heavy atom. The fraction of sp³-hybridized carbons (Fsp3) is 0.500. The molecule has 29 heavy (non-hydrogen) atoms. The van der Waals surface area contributed by atoms with E-state index in [1.54, 1.807) is 7.05 Å². The molecule has 1 N–H and O–H groups in total. The van der Waals surface area contributed by atoms with Crippen LogP contribution >= 0.6 is 0 Å². The van der Waals surface area contributed by atoms with E-state index < -0.39 is 0 Å². The summed E-state index contributed by atoms with van der Waals surface area (Å²) in [5, 5.41) is 0. The van der Waals surface area contributed by atoms with Gasteiger partial charge in [-0.1, -0.05) is 29.8 Å². The van der Waals surface area contributed by atoms with E-state index in [0.29, 0.717) is 23.8 Å². The van der Waals surface area contributed by atoms with Crippen LogP contribution in [0.2, 0.25) is 0 Å². The van der Waals surface area contributed by atoms with E-state index in [2.05, 4.69) is 32.0 Å². The van der Waals surface area contributed by atoms with Crippen LogP contribution in [0.15, 0.2) is 33.9 Å². The van der Waals surface area contributed by atoms with Crippen molar-refractivity contribution in [3.63, 3.8) is 0 Å². The van der Waals surface area contributed by atoms with Gasteiger partial charge in [-0.15, -0.1) is 0 Å². The quantitative estimate of drug-likeness (QED) is 0.708. The number of hydrogen-bond donors (Lipinski definition) is 1. The molecule has 0 aliphatic carbocycles. The summed E-state index contributed by atoms with van der Waals surface area (Å²) in [5.74, 6) is 0.878. The fourth-order valence-electron chi connectivity index (χ4n) is 4.51. The summed E-state index contributed by atoms with van der Waals surface area (Å²) in [6.45, 7) is 6.81. The van der Waals surface area contributed by atoms with Crippen molar-refractivity contribution in [3.05, 3.63) is 62.1 Å². The van der Waals surface area contributed by atoms with Gasteiger partial charge in [-0.05, 0) is 38.7 Å². The standard InChI is InChI=1S/C22H29N5O2/c1-15-8-7-10-17(12-15)13-27-18(14-26-11-6-5-9-16(26)2)23-20-19(27)21(28)25(4)22(29)24(20)3/h7-8,10,12,16H,5-6,9,11,13-14H2,1-4H3/p+1/t16-/m1/s1. The van der Waals surface area contributed by atoms with Crippen molar-refractivity contribution >= 4 is 11.2 Å². The zero-order valence-electron chi connectivity index (χ0n) is 17.7. The molecule has 7 nitrogen and oxygen atoms in total. The van der Waals surface area contributed by atoms with Gasteiger partial charge in [-0.25, -0.2) is 9.78 Å². The molecule has 3 aromatic rings. The molecule has 1 unspecified atom stereocenters. The first kappa shape index (κ1) is 19.6. The van der Waals surface area contributed by atoms with Gasteiger partial charge in [0.05, 0.1) is 12.6 Å². The number of imidazole rings is 1. The Morgan fingerprint density at radius 2 is 1.97 bits per heavy atom. The van der Waals surface area contributed by atoms with Gasteiger partial charge in [0.25, 0.3) is 5.56 Å². The number of hydrogen-bond acceptors (Lipinski definition) is 3. The number of piperidine rings is 1. The van der Waals surface area contributed by atoms with E-state index in [9.17, 15) is 9.59 Å². The number of aryl methyl sites for hydroxylation is 2. The molecule has 1 fully saturated rings. The predicted octanol–water partition coefficient (Wildman–Crippen LogP) is 0.748. The molecule has 0 bridgehead atoms. The SMILES string of the molecule is Cc1cccc(Cn2c(C[NH+]3CCCC[C@H]3C)nc3c2c(=O)n(C)c(=O)n3C)c1. The fourth-order valence-corrected chi connectivity index (χ4v) is 4.51. The lowest BCUT2D eigenvalue weighted by atomic mass is 10.0. The molecule has 0 radical (unpaired) electrons. The Balaban J connectivity index is 1.89. The second-order valence-corrected chi connectivity index (χ2v) is 8.46. The van der Waals surface area contributed by atoms with Crippen LogP contribution in [0, 0.1) is 6.92 Å². The lowest BCUT2D eigenvalue weighted by Gasteiger charge is -2.30. The smallest absolute Gasteiger partial charge is 0.326 e. The number of quaternary nitrogens is 1. The lowest BCUT2D eigenvalue weighted by Crippen LogP contribution is -3.15. The minimum Gasteiger partial charge on any atom is -0.326 e. The predicted molar refractivity (Wildman–Crippen MR) is 113 cm³/mol. The van der Waals surface area contributed by atoms with Gasteiger partial charge in [-0.2, -0.15) is 0 Å². The first-order chi connectivity index (χ1) is 13.9. The van der Waals surface area contributed by atoms with Crippen LogP contribution < -0.4 is 16.1 Å². The third kappa shape index (κ3) is 3.55. The molecule has 7 heteroatoms. The summed E-state index contributed by atoms with van der Waals surface area (Å²) >= 11 is 0. The Morgan fingerprint density at radius 1 is 1.17 bits per heavy atom. The highest BCUT2D eigenvalue weighted by Crippen LogP contribution is 2.15. The van der Waals surface area contributed by atoms with Gasteiger partial charge in [0, 0.05) is 20.6 Å². The van der Waals surface area contributed by atoms with Crippen LogP contribution in [-0.2, 0) is 27.2 Å². The van der Waals surface area contributed by atoms with Crippen LogP contribution in [0.3, 0.4) is 0 Å². The molecular formula is C22H30N5O2+. The van der Waals surface area contributed by atoms with Crippen molar-refractivity contribution in [2.24, 2.45) is 14.1 Å². The largest absolute Gasteiger partial charge is 0.332 e. The lowest BCUT2D eigenvalue weighted by molar-refractivity contribution is -0.942. The number of nitrogens with one attached hydrogen (secondary N) is 1. The second-order valence-electron chi connectivity index (χ2n) is 8.46. The maximum absolute atomic E-state index is 13.0. The van der Waals surface area contributed by atoms with E-state index in [1.807, 2.05) is 10.6 Å². The minimum absolute atomic E-state index is 0.281. The van der Waals surface area contributed by atoms with E-state index in [-0.39, 0.29) is 11.2 Å². The zero-order valence-corrected chi connectivity index (χ0v) is 17.7. The number of benzene rings is 1. The monoisotopic (exact) mass is 396 g/mol. The van der Waals surface area contributed by atoms with Crippen LogP contribution in [0.1, 0.15) is 43.1 Å². The first-order valence-corrected chi connectivity index (χ1v) is 10.4. The minimum atomic E-state index is -0.340. The average Bonchev–Trinajstić information content (AvgIpc) is 3.05. The highest BCUT2D eigenvalue weighted by Gasteiger charge is 2.26. The third-order valence-electron chi connectivity index (χ3n) is 6.32. The van der Waals surface area contributed by atoms with Crippen LogP contribution in [0.4, 0.5) is 0 Å². The summed E-state index contributed by atoms with van der Waals surface area (Å²) in [7, 11) is 3.22. The maximum atomic E-state index is 13.0. The second kappa shape index (κ2) is 7.63. The Labute approximate surface area is 170 Å². The molecule has 1 aliphatic heterocycles. The summed E-state index contributed by atoms with van der Waals surface area (Å²) in [4.78, 5) is 31.8. The number of nitrogens with zero attached hydrogens (tertiary/aromatic N) is 4.